The van der Waals surface area contributed by atoms with Crippen molar-refractivity contribution in [3.05, 3.63) is 58.3 Å². The van der Waals surface area contributed by atoms with Crippen molar-refractivity contribution in [1.29, 1.82) is 0 Å². The third kappa shape index (κ3) is 3.81. The van der Waals surface area contributed by atoms with Gasteiger partial charge in [-0.05, 0) is 42.3 Å². The van der Waals surface area contributed by atoms with Gasteiger partial charge in [0, 0.05) is 36.5 Å². The fraction of sp³-hybridized carbons (Fsp3) is 0.312. The number of aromatic nitrogens is 1. The summed E-state index contributed by atoms with van der Waals surface area (Å²) in [4.78, 5) is 4.45. The highest BCUT2D eigenvalue weighted by atomic mass is 79.9. The summed E-state index contributed by atoms with van der Waals surface area (Å²) >= 11 is 3.41. The minimum Gasteiger partial charge on any atom is -0.313 e. The molecule has 0 amide bonds. The molecule has 1 unspecified atom stereocenters. The number of rotatable bonds is 3. The number of piperazine rings is 1. The van der Waals surface area contributed by atoms with Gasteiger partial charge in [0.25, 0.3) is 0 Å². The molecule has 1 fully saturated rings. The molecular formula is C16H19BrClN3O2S. The van der Waals surface area contributed by atoms with Gasteiger partial charge in [-0.25, -0.2) is 8.42 Å². The fourth-order valence-electron chi connectivity index (χ4n) is 2.74. The fourth-order valence-corrected chi connectivity index (χ4v) is 4.69. The van der Waals surface area contributed by atoms with Gasteiger partial charge < -0.3 is 5.32 Å². The van der Waals surface area contributed by atoms with Crippen LogP contribution in [0.25, 0.3) is 0 Å². The van der Waals surface area contributed by atoms with Crippen molar-refractivity contribution in [2.24, 2.45) is 0 Å². The lowest BCUT2D eigenvalue weighted by Crippen LogP contribution is -2.48. The number of nitrogens with one attached hydrogen (secondary N) is 1. The topological polar surface area (TPSA) is 62.3 Å². The van der Waals surface area contributed by atoms with E-state index in [0.717, 1.165) is 15.6 Å². The van der Waals surface area contributed by atoms with Gasteiger partial charge in [0.05, 0.1) is 10.9 Å². The highest BCUT2D eigenvalue weighted by molar-refractivity contribution is 9.10. The molecular weight excluding hydrogens is 414 g/mol. The van der Waals surface area contributed by atoms with Gasteiger partial charge in [0.1, 0.15) is 0 Å². The Morgan fingerprint density at radius 1 is 1.33 bits per heavy atom. The lowest BCUT2D eigenvalue weighted by molar-refractivity contribution is 0.271. The Labute approximate surface area is 157 Å². The van der Waals surface area contributed by atoms with Crippen molar-refractivity contribution in [2.75, 3.05) is 19.6 Å². The van der Waals surface area contributed by atoms with Gasteiger partial charge >= 0.3 is 0 Å². The quantitative estimate of drug-likeness (QED) is 0.810. The number of benzene rings is 1. The molecule has 0 radical (unpaired) electrons. The van der Waals surface area contributed by atoms with E-state index in [0.29, 0.717) is 24.5 Å². The lowest BCUT2D eigenvalue weighted by atomic mass is 10.1. The van der Waals surface area contributed by atoms with E-state index in [1.54, 1.807) is 34.9 Å². The summed E-state index contributed by atoms with van der Waals surface area (Å²) in [5, 5.41) is 3.27. The van der Waals surface area contributed by atoms with Crippen molar-refractivity contribution >= 4 is 38.4 Å². The number of nitrogens with zero attached hydrogens (tertiary/aromatic N) is 2. The Kier molecular flexibility index (Phi) is 6.39. The molecule has 0 spiro atoms. The van der Waals surface area contributed by atoms with E-state index in [9.17, 15) is 8.42 Å². The first kappa shape index (κ1) is 19.3. The second kappa shape index (κ2) is 7.93. The van der Waals surface area contributed by atoms with Crippen LogP contribution in [0, 0.1) is 6.92 Å². The molecule has 24 heavy (non-hydrogen) atoms. The minimum absolute atomic E-state index is 0. The van der Waals surface area contributed by atoms with Gasteiger partial charge in [-0.1, -0.05) is 22.0 Å². The van der Waals surface area contributed by atoms with Crippen molar-refractivity contribution in [3.63, 3.8) is 0 Å². The maximum absolute atomic E-state index is 13.1. The Hall–Kier alpha value is -0.990. The van der Waals surface area contributed by atoms with E-state index in [1.165, 1.54) is 0 Å². The molecule has 8 heteroatoms. The number of aryl methyl sites for hydroxylation is 1. The van der Waals surface area contributed by atoms with Gasteiger partial charge in [-0.15, -0.1) is 12.4 Å². The van der Waals surface area contributed by atoms with E-state index >= 15 is 0 Å². The van der Waals surface area contributed by atoms with Crippen LogP contribution >= 0.6 is 28.3 Å². The van der Waals surface area contributed by atoms with Crippen LogP contribution in [0.3, 0.4) is 0 Å². The number of sulfonamides is 1. The molecule has 0 bridgehead atoms. The smallest absolute Gasteiger partial charge is 0.243 e. The van der Waals surface area contributed by atoms with Crippen LogP contribution in [0.5, 0.6) is 0 Å². The molecule has 0 aliphatic carbocycles. The van der Waals surface area contributed by atoms with Crippen LogP contribution in [-0.2, 0) is 10.0 Å². The first-order valence-corrected chi connectivity index (χ1v) is 9.62. The standard InChI is InChI=1S/C16H18BrN3O2S.ClH/c1-12-9-14(4-5-15(12)17)23(21,22)20-8-7-19-11-16(20)13-3-2-6-18-10-13;/h2-6,9-10,16,19H,7-8,11H2,1H3;1H. The van der Waals surface area contributed by atoms with Crippen molar-refractivity contribution < 1.29 is 8.42 Å². The second-order valence-electron chi connectivity index (χ2n) is 5.53. The molecule has 3 rings (SSSR count). The highest BCUT2D eigenvalue weighted by Gasteiger charge is 2.34. The van der Waals surface area contributed by atoms with E-state index in [2.05, 4.69) is 26.2 Å². The number of halogens is 2. The zero-order chi connectivity index (χ0) is 16.4. The molecule has 1 aliphatic heterocycles. The van der Waals surface area contributed by atoms with Gasteiger partial charge in [-0.3, -0.25) is 4.98 Å². The summed E-state index contributed by atoms with van der Waals surface area (Å²) in [6.45, 7) is 3.56. The molecule has 1 aromatic heterocycles. The number of pyridine rings is 1. The summed E-state index contributed by atoms with van der Waals surface area (Å²) in [6, 6.07) is 8.64. The van der Waals surface area contributed by atoms with Crippen LogP contribution in [0.4, 0.5) is 0 Å². The summed E-state index contributed by atoms with van der Waals surface area (Å²) < 4.78 is 28.7. The van der Waals surface area contributed by atoms with Gasteiger partial charge in [0.15, 0.2) is 0 Å². The molecule has 1 atom stereocenters. The first-order valence-electron chi connectivity index (χ1n) is 7.39. The largest absolute Gasteiger partial charge is 0.313 e. The van der Waals surface area contributed by atoms with Crippen LogP contribution in [0.1, 0.15) is 17.2 Å². The van der Waals surface area contributed by atoms with Crippen LogP contribution in [-0.4, -0.2) is 37.3 Å². The third-order valence-electron chi connectivity index (χ3n) is 4.00. The van der Waals surface area contributed by atoms with E-state index in [-0.39, 0.29) is 18.4 Å². The average molecular weight is 433 g/mol. The summed E-state index contributed by atoms with van der Waals surface area (Å²) in [5.74, 6) is 0. The molecule has 2 aromatic rings. The summed E-state index contributed by atoms with van der Waals surface area (Å²) in [6.07, 6.45) is 3.42. The van der Waals surface area contributed by atoms with Crippen LogP contribution in [0.15, 0.2) is 52.1 Å². The van der Waals surface area contributed by atoms with Gasteiger partial charge in [0.2, 0.25) is 10.0 Å². The predicted molar refractivity (Wildman–Crippen MR) is 99.9 cm³/mol. The highest BCUT2D eigenvalue weighted by Crippen LogP contribution is 2.30. The molecule has 5 nitrogen and oxygen atoms in total. The van der Waals surface area contributed by atoms with Crippen LogP contribution < -0.4 is 5.32 Å². The Morgan fingerprint density at radius 2 is 2.12 bits per heavy atom. The summed E-state index contributed by atoms with van der Waals surface area (Å²) in [5.41, 5.74) is 1.80. The van der Waals surface area contributed by atoms with Gasteiger partial charge in [-0.2, -0.15) is 4.31 Å². The third-order valence-corrected chi connectivity index (χ3v) is 6.79. The zero-order valence-electron chi connectivity index (χ0n) is 13.1. The van der Waals surface area contributed by atoms with E-state index in [1.807, 2.05) is 19.1 Å². The number of hydrogen-bond donors (Lipinski definition) is 1. The normalized spacial score (nSPS) is 18.8. The molecule has 1 aromatic carbocycles. The predicted octanol–water partition coefficient (Wildman–Crippen LogP) is 2.91. The lowest BCUT2D eigenvalue weighted by Gasteiger charge is -2.35. The number of hydrogen-bond acceptors (Lipinski definition) is 4. The molecule has 1 aliphatic rings. The Balaban J connectivity index is 0.00000208. The van der Waals surface area contributed by atoms with E-state index < -0.39 is 10.0 Å². The van der Waals surface area contributed by atoms with Crippen molar-refractivity contribution in [1.82, 2.24) is 14.6 Å². The molecule has 1 saturated heterocycles. The van der Waals surface area contributed by atoms with Crippen LogP contribution in [0.2, 0.25) is 0 Å². The Morgan fingerprint density at radius 3 is 2.79 bits per heavy atom. The second-order valence-corrected chi connectivity index (χ2v) is 8.28. The zero-order valence-corrected chi connectivity index (χ0v) is 16.4. The first-order chi connectivity index (χ1) is 11.0. The monoisotopic (exact) mass is 431 g/mol. The molecule has 0 saturated carbocycles. The van der Waals surface area contributed by atoms with Crippen molar-refractivity contribution in [3.8, 4) is 0 Å². The average Bonchev–Trinajstić information content (AvgIpc) is 2.58. The molecule has 2 heterocycles. The Bertz CT molecular complexity index is 802. The SMILES string of the molecule is Cc1cc(S(=O)(=O)N2CCNCC2c2cccnc2)ccc1Br.Cl. The maximum Gasteiger partial charge on any atom is 0.243 e. The summed E-state index contributed by atoms with van der Waals surface area (Å²) in [7, 11) is -3.55. The molecule has 130 valence electrons. The minimum atomic E-state index is -3.55. The van der Waals surface area contributed by atoms with E-state index in [4.69, 9.17) is 0 Å². The van der Waals surface area contributed by atoms with Crippen molar-refractivity contribution in [2.45, 2.75) is 17.9 Å². The molecule has 1 N–H and O–H groups in total. The maximum atomic E-state index is 13.1.